The van der Waals surface area contributed by atoms with Crippen molar-refractivity contribution in [3.05, 3.63) is 72.3 Å². The number of aromatic nitrogens is 4. The summed E-state index contributed by atoms with van der Waals surface area (Å²) in [5.74, 6) is 0.691. The summed E-state index contributed by atoms with van der Waals surface area (Å²) < 4.78 is 28.6. The molecule has 2 aliphatic rings. The fourth-order valence-electron chi connectivity index (χ4n) is 6.66. The van der Waals surface area contributed by atoms with Gasteiger partial charge in [-0.05, 0) is 64.4 Å². The molecule has 6 rings (SSSR count). The molecule has 0 unspecified atom stereocenters. The van der Waals surface area contributed by atoms with Crippen LogP contribution >= 0.6 is 0 Å². The van der Waals surface area contributed by atoms with Gasteiger partial charge in [0.25, 0.3) is 0 Å². The zero-order valence-electron chi connectivity index (χ0n) is 26.2. The predicted octanol–water partition coefficient (Wildman–Crippen LogP) is 5.44. The molecule has 2 saturated heterocycles. The number of anilines is 1. The zero-order valence-corrected chi connectivity index (χ0v) is 26.2. The maximum atomic E-state index is 15.6. The lowest BCUT2D eigenvalue weighted by atomic mass is 9.95. The molecule has 236 valence electrons. The van der Waals surface area contributed by atoms with Gasteiger partial charge in [-0.3, -0.25) is 9.69 Å². The first-order valence-electron chi connectivity index (χ1n) is 15.5. The lowest BCUT2D eigenvalue weighted by Crippen LogP contribution is -2.57. The molecule has 4 aromatic rings. The van der Waals surface area contributed by atoms with Gasteiger partial charge in [0, 0.05) is 29.3 Å². The van der Waals surface area contributed by atoms with Crippen LogP contribution in [0.1, 0.15) is 40.5 Å². The number of hydrogen-bond donors (Lipinski definition) is 1. The van der Waals surface area contributed by atoms with Crippen molar-refractivity contribution in [2.75, 3.05) is 32.0 Å². The highest BCUT2D eigenvalue weighted by Crippen LogP contribution is 2.35. The van der Waals surface area contributed by atoms with Crippen LogP contribution in [0.15, 0.2) is 66.5 Å². The molecule has 4 heterocycles. The molecule has 45 heavy (non-hydrogen) atoms. The lowest BCUT2D eigenvalue weighted by Gasteiger charge is -2.45. The number of rotatable bonds is 10. The summed E-state index contributed by atoms with van der Waals surface area (Å²) in [6, 6.07) is 14.1. The van der Waals surface area contributed by atoms with E-state index < -0.39 is 5.82 Å². The molecular formula is C34H40FN7O3. The Hall–Kier alpha value is -4.35. The summed E-state index contributed by atoms with van der Waals surface area (Å²) in [6.07, 6.45) is 5.16. The summed E-state index contributed by atoms with van der Waals surface area (Å²) >= 11 is 0. The molecule has 0 spiro atoms. The van der Waals surface area contributed by atoms with Gasteiger partial charge in [-0.15, -0.1) is 0 Å². The van der Waals surface area contributed by atoms with Crippen LogP contribution in [0.2, 0.25) is 0 Å². The van der Waals surface area contributed by atoms with Gasteiger partial charge >= 0.3 is 0 Å². The number of carbonyl (C=O) groups excluding carboxylic acids is 1. The number of carbonyl (C=O) groups is 1. The second-order valence-corrected chi connectivity index (χ2v) is 12.3. The number of likely N-dealkylation sites (N-methyl/N-ethyl adjacent to an activating group) is 1. The number of halogens is 1. The van der Waals surface area contributed by atoms with Gasteiger partial charge in [0.1, 0.15) is 35.2 Å². The monoisotopic (exact) mass is 613 g/mol. The van der Waals surface area contributed by atoms with E-state index in [4.69, 9.17) is 20.3 Å². The van der Waals surface area contributed by atoms with Gasteiger partial charge < -0.3 is 20.1 Å². The minimum Gasteiger partial charge on any atom is -0.457 e. The highest BCUT2D eigenvalue weighted by Gasteiger charge is 2.36. The van der Waals surface area contributed by atoms with Crippen molar-refractivity contribution in [1.82, 2.24) is 29.5 Å². The Morgan fingerprint density at radius 1 is 1.18 bits per heavy atom. The van der Waals surface area contributed by atoms with E-state index in [0.717, 1.165) is 32.6 Å². The average Bonchev–Trinajstić information content (AvgIpc) is 3.60. The number of ether oxygens (including phenoxy) is 2. The van der Waals surface area contributed by atoms with Gasteiger partial charge in [-0.25, -0.2) is 19.0 Å². The van der Waals surface area contributed by atoms with E-state index in [1.165, 1.54) is 12.4 Å². The summed E-state index contributed by atoms with van der Waals surface area (Å²) in [5.41, 5.74) is 7.82. The van der Waals surface area contributed by atoms with E-state index in [9.17, 15) is 4.79 Å². The number of hydrogen-bond acceptors (Lipinski definition) is 8. The number of likely N-dealkylation sites (tertiary alicyclic amines) is 1. The largest absolute Gasteiger partial charge is 0.457 e. The third-order valence-electron chi connectivity index (χ3n) is 8.80. The first-order chi connectivity index (χ1) is 21.7. The number of nitrogens with zero attached hydrogens (tertiary/aromatic N) is 6. The van der Waals surface area contributed by atoms with Gasteiger partial charge in [-0.2, -0.15) is 5.10 Å². The molecule has 2 aromatic heterocycles. The van der Waals surface area contributed by atoms with Crippen molar-refractivity contribution < 1.29 is 18.7 Å². The third-order valence-corrected chi connectivity index (χ3v) is 8.80. The van der Waals surface area contributed by atoms with Crippen LogP contribution in [-0.4, -0.2) is 79.4 Å². The zero-order chi connectivity index (χ0) is 31.7. The Balaban J connectivity index is 1.26. The molecule has 2 aromatic carbocycles. The van der Waals surface area contributed by atoms with Crippen LogP contribution < -0.4 is 10.5 Å². The Morgan fingerprint density at radius 2 is 1.96 bits per heavy atom. The summed E-state index contributed by atoms with van der Waals surface area (Å²) in [5, 5.41) is 5.28. The van der Waals surface area contributed by atoms with E-state index in [1.807, 2.05) is 30.0 Å². The van der Waals surface area contributed by atoms with Crippen molar-refractivity contribution >= 4 is 22.8 Å². The molecular weight excluding hydrogens is 573 g/mol. The van der Waals surface area contributed by atoms with E-state index in [-0.39, 0.29) is 28.9 Å². The number of nitrogens with two attached hydrogens (primary N) is 1. The van der Waals surface area contributed by atoms with Crippen molar-refractivity contribution in [1.29, 1.82) is 0 Å². The molecule has 0 radical (unpaired) electrons. The van der Waals surface area contributed by atoms with Crippen LogP contribution in [0, 0.1) is 5.82 Å². The van der Waals surface area contributed by atoms with Crippen LogP contribution in [0.3, 0.4) is 0 Å². The average molecular weight is 614 g/mol. The Morgan fingerprint density at radius 3 is 2.64 bits per heavy atom. The normalized spacial score (nSPS) is 17.7. The Bertz CT molecular complexity index is 1720. The molecule has 0 saturated carbocycles. The van der Waals surface area contributed by atoms with Gasteiger partial charge in [0.05, 0.1) is 37.2 Å². The van der Waals surface area contributed by atoms with Crippen molar-refractivity contribution in [3.8, 4) is 22.8 Å². The van der Waals surface area contributed by atoms with Crippen LogP contribution in [0.5, 0.6) is 11.5 Å². The smallest absolute Gasteiger partial charge is 0.249 e. The molecule has 1 amide bonds. The number of nitrogen functional groups attached to an aromatic ring is 1. The maximum absolute atomic E-state index is 15.6. The fourth-order valence-corrected chi connectivity index (χ4v) is 6.66. The minimum atomic E-state index is -0.506. The molecule has 11 heteroatoms. The van der Waals surface area contributed by atoms with Crippen molar-refractivity contribution in [2.45, 2.75) is 64.7 Å². The van der Waals surface area contributed by atoms with Gasteiger partial charge in [-0.1, -0.05) is 31.2 Å². The molecule has 10 nitrogen and oxygen atoms in total. The fraction of sp³-hybridized carbons (Fsp3) is 0.412. The number of para-hydroxylation sites is 1. The Labute approximate surface area is 262 Å². The Kier molecular flexibility index (Phi) is 8.56. The van der Waals surface area contributed by atoms with Crippen molar-refractivity contribution in [3.63, 3.8) is 0 Å². The molecule has 0 aliphatic carbocycles. The van der Waals surface area contributed by atoms with E-state index in [0.29, 0.717) is 52.9 Å². The maximum Gasteiger partial charge on any atom is 0.249 e. The van der Waals surface area contributed by atoms with E-state index in [2.05, 4.69) is 41.7 Å². The minimum absolute atomic E-state index is 0.0114. The van der Waals surface area contributed by atoms with Crippen molar-refractivity contribution in [2.24, 2.45) is 0 Å². The molecule has 0 bridgehead atoms. The van der Waals surface area contributed by atoms with E-state index >= 15 is 4.39 Å². The van der Waals surface area contributed by atoms with Crippen LogP contribution in [-0.2, 0) is 16.1 Å². The predicted molar refractivity (Wildman–Crippen MR) is 171 cm³/mol. The van der Waals surface area contributed by atoms with Crippen LogP contribution in [0.4, 0.5) is 10.2 Å². The highest BCUT2D eigenvalue weighted by atomic mass is 19.1. The summed E-state index contributed by atoms with van der Waals surface area (Å²) in [7, 11) is 0. The molecule has 1 atom stereocenters. The third kappa shape index (κ3) is 6.14. The first kappa shape index (κ1) is 30.7. The van der Waals surface area contributed by atoms with Crippen LogP contribution in [0.25, 0.3) is 22.3 Å². The lowest BCUT2D eigenvalue weighted by molar-refractivity contribution is -0.128. The number of amides is 1. The SMILES string of the molecule is CCN(C1COC1)C(C)(C)C=C(C)C(=O)N1CCC[C@@H]1Cn1nc(-c2ccc(Oc3ccccc3)cc2F)c2c(N)ncnc21. The molecule has 2 N–H and O–H groups in total. The van der Waals surface area contributed by atoms with Gasteiger partial charge in [0.15, 0.2) is 5.65 Å². The number of fused-ring (bicyclic) bond motifs is 1. The molecule has 2 aliphatic heterocycles. The summed E-state index contributed by atoms with van der Waals surface area (Å²) in [4.78, 5) is 26.8. The number of benzene rings is 2. The first-order valence-corrected chi connectivity index (χ1v) is 15.5. The second kappa shape index (κ2) is 12.6. The van der Waals surface area contributed by atoms with Gasteiger partial charge in [0.2, 0.25) is 5.91 Å². The van der Waals surface area contributed by atoms with E-state index in [1.54, 1.807) is 28.9 Å². The second-order valence-electron chi connectivity index (χ2n) is 12.3. The topological polar surface area (TPSA) is 112 Å². The highest BCUT2D eigenvalue weighted by molar-refractivity contribution is 5.98. The molecule has 2 fully saturated rings. The summed E-state index contributed by atoms with van der Waals surface area (Å²) in [6.45, 7) is 11.7. The quantitative estimate of drug-likeness (QED) is 0.235. The standard InChI is InChI=1S/C34H40FN7O3/c1-5-41(24-19-44-20-24)34(3,4)17-22(2)33(43)40-15-9-10-23(40)18-42-32-29(31(36)37-21-38-32)30(39-42)27-14-13-26(16-28(27)35)45-25-11-7-6-8-12-25/h6-8,11-14,16-17,21,23-24H,5,9-10,15,18-20H2,1-4H3,(H2,36,37,38)/t23-/m1/s1.